The van der Waals surface area contributed by atoms with E-state index in [-0.39, 0.29) is 0 Å². The van der Waals surface area contributed by atoms with Crippen molar-refractivity contribution >= 4 is 10.8 Å². The average Bonchev–Trinajstić information content (AvgIpc) is 2.89. The first-order valence-electron chi connectivity index (χ1n) is 15.4. The van der Waals surface area contributed by atoms with Crippen LogP contribution < -0.4 is 0 Å². The second-order valence-corrected chi connectivity index (χ2v) is 11.2. The number of aryl methyl sites for hydroxylation is 2. The maximum Gasteiger partial charge on any atom is -0.00141 e. The Labute approximate surface area is 221 Å². The molecule has 3 aromatic carbocycles. The molecule has 0 amide bonds. The van der Waals surface area contributed by atoms with E-state index in [0.717, 1.165) is 12.8 Å². The third kappa shape index (κ3) is 4.90. The fraction of sp³-hybridized carbons (Fsp3) is 0.556. The topological polar surface area (TPSA) is 0 Å². The molecule has 0 N–H and O–H groups in total. The summed E-state index contributed by atoms with van der Waals surface area (Å²) in [5.41, 5.74) is 17.2. The fourth-order valence-corrected chi connectivity index (χ4v) is 7.28. The molecule has 0 unspecified atom stereocenters. The average molecular weight is 483 g/mol. The minimum absolute atomic E-state index is 1.16. The quantitative estimate of drug-likeness (QED) is 0.188. The molecule has 0 fully saturated rings. The standard InChI is InChI=1S/C36H50/c1-7-15-25-26(16-8-2)28(18-10-4)34-24-36-30(20-12-6)32-22-14-13-21-31(32)29(19-11-5)35(36)23-33(34)27(25)17-9-3/h13-14,21-22H,7-12,15-20,23-24H2,1-6H3. The summed E-state index contributed by atoms with van der Waals surface area (Å²) in [5.74, 6) is 0. The predicted molar refractivity (Wildman–Crippen MR) is 160 cm³/mol. The Bertz CT molecular complexity index is 1100. The largest absolute Gasteiger partial charge is 0.0651 e. The van der Waals surface area contributed by atoms with Crippen molar-refractivity contribution in [2.75, 3.05) is 0 Å². The summed E-state index contributed by atoms with van der Waals surface area (Å²) in [6.07, 6.45) is 17.1. The molecule has 0 nitrogen and oxygen atoms in total. The fourth-order valence-electron chi connectivity index (χ4n) is 7.28. The number of rotatable bonds is 12. The van der Waals surface area contributed by atoms with Gasteiger partial charge in [0.1, 0.15) is 0 Å². The molecule has 36 heavy (non-hydrogen) atoms. The van der Waals surface area contributed by atoms with Gasteiger partial charge in [0.25, 0.3) is 0 Å². The van der Waals surface area contributed by atoms with E-state index in [9.17, 15) is 0 Å². The smallest absolute Gasteiger partial charge is 0.00141 e. The molecule has 0 saturated heterocycles. The van der Waals surface area contributed by atoms with Gasteiger partial charge in [-0.1, -0.05) is 104 Å². The van der Waals surface area contributed by atoms with Gasteiger partial charge in [0.2, 0.25) is 0 Å². The van der Waals surface area contributed by atoms with Crippen LogP contribution >= 0.6 is 0 Å². The third-order valence-electron chi connectivity index (χ3n) is 8.56. The Morgan fingerprint density at radius 2 is 0.667 bits per heavy atom. The van der Waals surface area contributed by atoms with Gasteiger partial charge in [-0.2, -0.15) is 0 Å². The van der Waals surface area contributed by atoms with Crippen molar-refractivity contribution in [2.24, 2.45) is 0 Å². The highest BCUT2D eigenvalue weighted by molar-refractivity contribution is 5.92. The van der Waals surface area contributed by atoms with E-state index < -0.39 is 0 Å². The molecule has 0 heteroatoms. The Balaban J connectivity index is 2.07. The van der Waals surface area contributed by atoms with Crippen LogP contribution in [0, 0.1) is 0 Å². The number of hydrogen-bond acceptors (Lipinski definition) is 0. The van der Waals surface area contributed by atoms with Crippen molar-refractivity contribution in [1.82, 2.24) is 0 Å². The third-order valence-corrected chi connectivity index (χ3v) is 8.56. The van der Waals surface area contributed by atoms with Crippen LogP contribution in [0.2, 0.25) is 0 Å². The zero-order chi connectivity index (χ0) is 25.7. The minimum atomic E-state index is 1.16. The SMILES string of the molecule is CCCc1c(CCC)c(CCC)c2c(c1CCC)Cc1c(c(CCC)c3ccccc3c1CCC)C2. The van der Waals surface area contributed by atoms with Gasteiger partial charge in [0, 0.05) is 0 Å². The van der Waals surface area contributed by atoms with Gasteiger partial charge in [0.15, 0.2) is 0 Å². The first kappa shape index (κ1) is 27.0. The highest BCUT2D eigenvalue weighted by atomic mass is 14.3. The van der Waals surface area contributed by atoms with Gasteiger partial charge in [0.05, 0.1) is 0 Å². The van der Waals surface area contributed by atoms with E-state index in [0.29, 0.717) is 0 Å². The van der Waals surface area contributed by atoms with E-state index in [1.165, 1.54) is 87.8 Å². The van der Waals surface area contributed by atoms with Crippen LogP contribution in [-0.4, -0.2) is 0 Å². The lowest BCUT2D eigenvalue weighted by molar-refractivity contribution is 0.767. The molecule has 0 aromatic heterocycles. The first-order valence-corrected chi connectivity index (χ1v) is 15.4. The zero-order valence-corrected chi connectivity index (χ0v) is 24.2. The number of hydrogen-bond donors (Lipinski definition) is 0. The molecule has 1 aliphatic rings. The van der Waals surface area contributed by atoms with Crippen LogP contribution in [0.3, 0.4) is 0 Å². The molecule has 0 aliphatic heterocycles. The lowest BCUT2D eigenvalue weighted by Gasteiger charge is -2.33. The summed E-state index contributed by atoms with van der Waals surface area (Å²) in [7, 11) is 0. The Morgan fingerprint density at radius 3 is 1.00 bits per heavy atom. The summed E-state index contributed by atoms with van der Waals surface area (Å²) < 4.78 is 0. The van der Waals surface area contributed by atoms with Crippen LogP contribution in [0.25, 0.3) is 10.8 Å². The maximum atomic E-state index is 2.41. The zero-order valence-electron chi connectivity index (χ0n) is 24.2. The van der Waals surface area contributed by atoms with Crippen molar-refractivity contribution in [1.29, 1.82) is 0 Å². The summed E-state index contributed by atoms with van der Waals surface area (Å²) in [4.78, 5) is 0. The molecule has 194 valence electrons. The Kier molecular flexibility index (Phi) is 9.32. The summed E-state index contributed by atoms with van der Waals surface area (Å²) in [6, 6.07) is 9.35. The lowest BCUT2D eigenvalue weighted by Crippen LogP contribution is -2.21. The highest BCUT2D eigenvalue weighted by Crippen LogP contribution is 2.43. The molecule has 4 rings (SSSR count). The van der Waals surface area contributed by atoms with Crippen LogP contribution in [0.15, 0.2) is 24.3 Å². The minimum Gasteiger partial charge on any atom is -0.0651 e. The molecule has 0 heterocycles. The van der Waals surface area contributed by atoms with Crippen LogP contribution in [-0.2, 0) is 51.4 Å². The van der Waals surface area contributed by atoms with Crippen molar-refractivity contribution in [2.45, 2.75) is 131 Å². The normalized spacial score (nSPS) is 12.7. The van der Waals surface area contributed by atoms with Gasteiger partial charge in [-0.05, 0) is 118 Å². The van der Waals surface area contributed by atoms with Crippen LogP contribution in [0.5, 0.6) is 0 Å². The molecule has 3 aromatic rings. The molecule has 0 atom stereocenters. The second-order valence-electron chi connectivity index (χ2n) is 11.2. The maximum absolute atomic E-state index is 2.41. The van der Waals surface area contributed by atoms with Crippen LogP contribution in [0.4, 0.5) is 0 Å². The van der Waals surface area contributed by atoms with Crippen molar-refractivity contribution in [3.8, 4) is 0 Å². The predicted octanol–water partition coefficient (Wildman–Crippen LogP) is 10.0. The van der Waals surface area contributed by atoms with E-state index in [2.05, 4.69) is 65.8 Å². The van der Waals surface area contributed by atoms with Gasteiger partial charge < -0.3 is 0 Å². The number of fused-ring (bicyclic) bond motifs is 3. The van der Waals surface area contributed by atoms with E-state index in [4.69, 9.17) is 0 Å². The molecule has 1 aliphatic carbocycles. The monoisotopic (exact) mass is 482 g/mol. The summed E-state index contributed by atoms with van der Waals surface area (Å²) >= 11 is 0. The summed E-state index contributed by atoms with van der Waals surface area (Å²) in [6.45, 7) is 14.2. The molecule has 0 bridgehead atoms. The van der Waals surface area contributed by atoms with Crippen molar-refractivity contribution in [3.63, 3.8) is 0 Å². The molecule has 0 spiro atoms. The van der Waals surface area contributed by atoms with E-state index in [1.807, 2.05) is 0 Å². The molecule has 0 saturated carbocycles. The Morgan fingerprint density at radius 1 is 0.389 bits per heavy atom. The van der Waals surface area contributed by atoms with Crippen LogP contribution in [0.1, 0.15) is 136 Å². The summed E-state index contributed by atoms with van der Waals surface area (Å²) in [5, 5.41) is 3.07. The molecular formula is C36H50. The number of benzene rings is 3. The van der Waals surface area contributed by atoms with Gasteiger partial charge in [-0.15, -0.1) is 0 Å². The van der Waals surface area contributed by atoms with Gasteiger partial charge in [-0.3, -0.25) is 0 Å². The van der Waals surface area contributed by atoms with E-state index >= 15 is 0 Å². The molecule has 0 radical (unpaired) electrons. The Hall–Kier alpha value is -2.08. The lowest BCUT2D eigenvalue weighted by atomic mass is 9.71. The van der Waals surface area contributed by atoms with Crippen molar-refractivity contribution < 1.29 is 0 Å². The van der Waals surface area contributed by atoms with Gasteiger partial charge in [-0.25, -0.2) is 0 Å². The highest BCUT2D eigenvalue weighted by Gasteiger charge is 2.29. The molecular weight excluding hydrogens is 432 g/mol. The van der Waals surface area contributed by atoms with E-state index in [1.54, 1.807) is 55.6 Å². The second kappa shape index (κ2) is 12.4. The first-order chi connectivity index (χ1) is 17.6. The van der Waals surface area contributed by atoms with Gasteiger partial charge >= 0.3 is 0 Å². The van der Waals surface area contributed by atoms with Crippen molar-refractivity contribution in [3.05, 3.63) is 79.9 Å².